The van der Waals surface area contributed by atoms with Gasteiger partial charge in [0.15, 0.2) is 0 Å². The van der Waals surface area contributed by atoms with Crippen molar-refractivity contribution in [3.8, 4) is 5.75 Å². The van der Waals surface area contributed by atoms with Crippen molar-refractivity contribution in [2.75, 3.05) is 26.0 Å². The molecule has 2 aromatic carbocycles. The second kappa shape index (κ2) is 10.1. The molecule has 0 aromatic heterocycles. The van der Waals surface area contributed by atoms with Crippen LogP contribution in [-0.4, -0.2) is 58.8 Å². The summed E-state index contributed by atoms with van der Waals surface area (Å²) in [5, 5.41) is 2.41. The molecule has 12 heteroatoms. The average Bonchev–Trinajstić information content (AvgIpc) is 2.80. The van der Waals surface area contributed by atoms with Crippen molar-refractivity contribution in [2.24, 2.45) is 0 Å². The highest BCUT2D eigenvalue weighted by Crippen LogP contribution is 2.25. The lowest BCUT2D eigenvalue weighted by Crippen LogP contribution is -2.38. The molecule has 0 fully saturated rings. The number of methoxy groups -OCH3 is 1. The molecule has 0 unspecified atom stereocenters. The number of hydrogen-bond acceptors (Lipinski definition) is 6. The summed E-state index contributed by atoms with van der Waals surface area (Å²) in [6.07, 6.45) is 0.627. The molecule has 2 aromatic rings. The molecule has 8 nitrogen and oxygen atoms in total. The van der Waals surface area contributed by atoms with Crippen molar-refractivity contribution in [1.82, 2.24) is 9.62 Å². The number of benzene rings is 2. The molecule has 1 aliphatic heterocycles. The zero-order chi connectivity index (χ0) is 24.2. The summed E-state index contributed by atoms with van der Waals surface area (Å²) in [4.78, 5) is 11.6. The van der Waals surface area contributed by atoms with Crippen LogP contribution in [0.1, 0.15) is 27.9 Å². The SMILES string of the molecule is COc1ccc2c(c1)CCN(S(=O)(=O)CCCNC(=O)c1ccccc1S(=O)(=O)C(F)F)C2. The molecule has 0 saturated carbocycles. The maximum absolute atomic E-state index is 12.9. The monoisotopic (exact) mass is 502 g/mol. The van der Waals surface area contributed by atoms with Gasteiger partial charge in [-0.15, -0.1) is 0 Å². The molecule has 1 N–H and O–H groups in total. The van der Waals surface area contributed by atoms with Crippen molar-refractivity contribution >= 4 is 25.8 Å². The summed E-state index contributed by atoms with van der Waals surface area (Å²) in [7, 11) is -6.98. The van der Waals surface area contributed by atoms with Gasteiger partial charge in [-0.1, -0.05) is 18.2 Å². The summed E-state index contributed by atoms with van der Waals surface area (Å²) in [6, 6.07) is 10.2. The second-order valence-electron chi connectivity index (χ2n) is 7.45. The van der Waals surface area contributed by atoms with E-state index in [2.05, 4.69) is 5.32 Å². The summed E-state index contributed by atoms with van der Waals surface area (Å²) in [6.45, 7) is 0.503. The van der Waals surface area contributed by atoms with Gasteiger partial charge in [-0.2, -0.15) is 13.1 Å². The van der Waals surface area contributed by atoms with Gasteiger partial charge in [-0.25, -0.2) is 16.8 Å². The van der Waals surface area contributed by atoms with E-state index < -0.39 is 42.0 Å². The zero-order valence-electron chi connectivity index (χ0n) is 17.8. The van der Waals surface area contributed by atoms with Gasteiger partial charge in [-0.3, -0.25) is 4.79 Å². The lowest BCUT2D eigenvalue weighted by atomic mass is 10.0. The van der Waals surface area contributed by atoms with Gasteiger partial charge >= 0.3 is 5.76 Å². The first-order valence-corrected chi connectivity index (χ1v) is 13.2. The Kier molecular flexibility index (Phi) is 7.70. The van der Waals surface area contributed by atoms with Gasteiger partial charge in [0.05, 0.1) is 23.3 Å². The van der Waals surface area contributed by atoms with E-state index in [0.717, 1.165) is 23.3 Å². The first-order chi connectivity index (χ1) is 15.6. The second-order valence-corrected chi connectivity index (χ2v) is 11.4. The summed E-state index contributed by atoms with van der Waals surface area (Å²) >= 11 is 0. The highest BCUT2D eigenvalue weighted by atomic mass is 32.2. The summed E-state index contributed by atoms with van der Waals surface area (Å²) < 4.78 is 81.4. The number of nitrogens with zero attached hydrogens (tertiary/aromatic N) is 1. The van der Waals surface area contributed by atoms with Gasteiger partial charge in [0.1, 0.15) is 5.75 Å². The van der Waals surface area contributed by atoms with Gasteiger partial charge in [0, 0.05) is 19.6 Å². The third-order valence-corrected chi connectivity index (χ3v) is 8.66. The fraction of sp³-hybridized carbons (Fsp3) is 0.381. The molecule has 0 radical (unpaired) electrons. The maximum atomic E-state index is 12.9. The van der Waals surface area contributed by atoms with Crippen LogP contribution in [0.15, 0.2) is 47.4 Å². The number of hydrogen-bond donors (Lipinski definition) is 1. The minimum absolute atomic E-state index is 0.0667. The molecule has 3 rings (SSSR count). The minimum Gasteiger partial charge on any atom is -0.497 e. The number of sulfone groups is 1. The Hall–Kier alpha value is -2.57. The topological polar surface area (TPSA) is 110 Å². The molecule has 0 bridgehead atoms. The van der Waals surface area contributed by atoms with Crippen LogP contribution in [0.2, 0.25) is 0 Å². The van der Waals surface area contributed by atoms with Crippen molar-refractivity contribution in [3.63, 3.8) is 0 Å². The predicted molar refractivity (Wildman–Crippen MR) is 117 cm³/mol. The quantitative estimate of drug-likeness (QED) is 0.527. The highest BCUT2D eigenvalue weighted by molar-refractivity contribution is 7.91. The predicted octanol–water partition coefficient (Wildman–Crippen LogP) is 2.20. The van der Waals surface area contributed by atoms with E-state index in [0.29, 0.717) is 18.7 Å². The van der Waals surface area contributed by atoms with Gasteiger partial charge in [0.25, 0.3) is 5.91 Å². The molecule has 33 heavy (non-hydrogen) atoms. The Morgan fingerprint density at radius 2 is 1.85 bits per heavy atom. The Morgan fingerprint density at radius 3 is 2.55 bits per heavy atom. The van der Waals surface area contributed by atoms with E-state index in [9.17, 15) is 30.4 Å². The van der Waals surface area contributed by atoms with Gasteiger partial charge < -0.3 is 10.1 Å². The maximum Gasteiger partial charge on any atom is 0.341 e. The van der Waals surface area contributed by atoms with E-state index >= 15 is 0 Å². The van der Waals surface area contributed by atoms with E-state index in [1.54, 1.807) is 13.2 Å². The largest absolute Gasteiger partial charge is 0.497 e. The van der Waals surface area contributed by atoms with Crippen molar-refractivity contribution in [2.45, 2.75) is 30.0 Å². The standard InChI is InChI=1S/C21H24F2N2O6S2/c1-31-17-8-7-16-14-25(11-9-15(16)13-17)32(27,28)12-4-10-24-20(26)18-5-2-3-6-19(18)33(29,30)21(22)23/h2-3,5-8,13,21H,4,9-12,14H2,1H3,(H,24,26). The molecular formula is C21H24F2N2O6S2. The number of amides is 1. The number of ether oxygens (including phenoxy) is 1. The van der Waals surface area contributed by atoms with E-state index in [-0.39, 0.29) is 25.3 Å². The van der Waals surface area contributed by atoms with Gasteiger partial charge in [-0.05, 0) is 48.2 Å². The lowest BCUT2D eigenvalue weighted by Gasteiger charge is -2.28. The molecule has 0 spiro atoms. The number of carbonyl (C=O) groups is 1. The van der Waals surface area contributed by atoms with E-state index in [1.807, 2.05) is 12.1 Å². The smallest absolute Gasteiger partial charge is 0.341 e. The van der Waals surface area contributed by atoms with Crippen molar-refractivity contribution in [1.29, 1.82) is 0 Å². The highest BCUT2D eigenvalue weighted by Gasteiger charge is 2.31. The Balaban J connectivity index is 1.57. The number of rotatable bonds is 9. The number of carbonyl (C=O) groups excluding carboxylic acids is 1. The molecule has 1 amide bonds. The van der Waals surface area contributed by atoms with Crippen molar-refractivity contribution < 1.29 is 35.1 Å². The van der Waals surface area contributed by atoms with Crippen LogP contribution >= 0.6 is 0 Å². The first kappa shape index (κ1) is 25.1. The third kappa shape index (κ3) is 5.68. The average molecular weight is 503 g/mol. The molecule has 0 aliphatic carbocycles. The van der Waals surface area contributed by atoms with Crippen LogP contribution < -0.4 is 10.1 Å². The fourth-order valence-corrected chi connectivity index (χ4v) is 5.95. The Morgan fingerprint density at radius 1 is 1.12 bits per heavy atom. The van der Waals surface area contributed by atoms with Crippen LogP contribution in [0.25, 0.3) is 0 Å². The van der Waals surface area contributed by atoms with Crippen molar-refractivity contribution in [3.05, 3.63) is 59.2 Å². The molecule has 180 valence electrons. The summed E-state index contributed by atoms with van der Waals surface area (Å²) in [5.74, 6) is -4.04. The number of fused-ring (bicyclic) bond motifs is 1. The molecule has 1 heterocycles. The van der Waals surface area contributed by atoms with Crippen LogP contribution in [0.5, 0.6) is 5.75 Å². The zero-order valence-corrected chi connectivity index (χ0v) is 19.5. The van der Waals surface area contributed by atoms with Gasteiger partial charge in [0.2, 0.25) is 19.9 Å². The first-order valence-electron chi connectivity index (χ1n) is 10.1. The molecule has 1 aliphatic rings. The number of halogens is 2. The van der Waals surface area contributed by atoms with Crippen LogP contribution in [0.4, 0.5) is 8.78 Å². The molecule has 0 saturated heterocycles. The Bertz CT molecular complexity index is 1230. The van der Waals surface area contributed by atoms with E-state index in [4.69, 9.17) is 4.74 Å². The molecule has 0 atom stereocenters. The number of sulfonamides is 1. The van der Waals surface area contributed by atoms with Crippen LogP contribution in [0, 0.1) is 0 Å². The number of alkyl halides is 2. The molecular weight excluding hydrogens is 478 g/mol. The lowest BCUT2D eigenvalue weighted by molar-refractivity contribution is 0.0950. The Labute approximate surface area is 191 Å². The number of nitrogens with one attached hydrogen (secondary N) is 1. The van der Waals surface area contributed by atoms with Crippen LogP contribution in [0.3, 0.4) is 0 Å². The van der Waals surface area contributed by atoms with Crippen LogP contribution in [-0.2, 0) is 32.8 Å². The summed E-state index contributed by atoms with van der Waals surface area (Å²) in [5.41, 5.74) is 1.52. The normalized spacial score (nSPS) is 14.7. The minimum atomic E-state index is -4.95. The van der Waals surface area contributed by atoms with E-state index in [1.165, 1.54) is 16.4 Å². The fourth-order valence-electron chi connectivity index (χ4n) is 3.55. The third-order valence-electron chi connectivity index (χ3n) is 5.32.